The third kappa shape index (κ3) is 5.85. The topological polar surface area (TPSA) is 68.2 Å². The lowest BCUT2D eigenvalue weighted by Crippen LogP contribution is -2.53. The first-order chi connectivity index (χ1) is 13.9. The molecule has 2 fully saturated rings. The van der Waals surface area contributed by atoms with Crippen LogP contribution in [0.3, 0.4) is 0 Å². The van der Waals surface area contributed by atoms with Gasteiger partial charge in [-0.25, -0.2) is 8.42 Å². The Morgan fingerprint density at radius 3 is 2.41 bits per heavy atom. The lowest BCUT2D eigenvalue weighted by molar-refractivity contribution is 0.302. The van der Waals surface area contributed by atoms with Gasteiger partial charge in [0.1, 0.15) is 0 Å². The zero-order valence-corrected chi connectivity index (χ0v) is 18.8. The first kappa shape index (κ1) is 21.9. The highest BCUT2D eigenvalue weighted by Gasteiger charge is 2.22. The summed E-state index contributed by atoms with van der Waals surface area (Å²) in [6, 6.07) is 6.53. The van der Waals surface area contributed by atoms with Crippen molar-refractivity contribution in [2.75, 3.05) is 75.3 Å². The van der Waals surface area contributed by atoms with Crippen molar-refractivity contribution in [2.24, 2.45) is 4.99 Å². The Balaban J connectivity index is 1.53. The van der Waals surface area contributed by atoms with Gasteiger partial charge in [-0.15, -0.1) is 0 Å². The monoisotopic (exact) mass is 421 g/mol. The number of sulfone groups is 1. The number of hydrogen-bond acceptors (Lipinski definition) is 5. The molecule has 0 saturated carbocycles. The number of aliphatic imine (C=N–C) groups is 1. The van der Waals surface area contributed by atoms with Gasteiger partial charge in [-0.05, 0) is 38.0 Å². The molecule has 0 radical (unpaired) electrons. The maximum absolute atomic E-state index is 11.6. The van der Waals surface area contributed by atoms with Gasteiger partial charge in [0.2, 0.25) is 0 Å². The summed E-state index contributed by atoms with van der Waals surface area (Å²) >= 11 is 0. The molecular weight excluding hydrogens is 386 g/mol. The van der Waals surface area contributed by atoms with Gasteiger partial charge in [-0.1, -0.05) is 12.1 Å². The highest BCUT2D eigenvalue weighted by molar-refractivity contribution is 7.91. The van der Waals surface area contributed by atoms with E-state index in [1.54, 1.807) is 0 Å². The van der Waals surface area contributed by atoms with Gasteiger partial charge in [-0.2, -0.15) is 0 Å². The fraction of sp³-hybridized carbons (Fsp3) is 0.667. The summed E-state index contributed by atoms with van der Waals surface area (Å²) in [4.78, 5) is 11.8. The molecule has 1 N–H and O–H groups in total. The average molecular weight is 422 g/mol. The molecule has 0 aliphatic carbocycles. The molecular formula is C21H35N5O2S. The third-order valence-corrected chi connectivity index (χ3v) is 7.55. The van der Waals surface area contributed by atoms with Gasteiger partial charge in [0.15, 0.2) is 15.8 Å². The molecule has 29 heavy (non-hydrogen) atoms. The van der Waals surface area contributed by atoms with E-state index in [9.17, 15) is 8.42 Å². The van der Waals surface area contributed by atoms with E-state index in [0.717, 1.165) is 45.2 Å². The molecule has 1 aromatic rings. The molecule has 0 aromatic heterocycles. The van der Waals surface area contributed by atoms with E-state index >= 15 is 0 Å². The van der Waals surface area contributed by atoms with Crippen LogP contribution in [0.25, 0.3) is 0 Å². The van der Waals surface area contributed by atoms with E-state index in [1.807, 2.05) is 0 Å². The van der Waals surface area contributed by atoms with Gasteiger partial charge in [0, 0.05) is 58.0 Å². The van der Waals surface area contributed by atoms with E-state index in [2.05, 4.69) is 59.0 Å². The molecule has 0 unspecified atom stereocenters. The molecule has 2 aliphatic heterocycles. The molecule has 0 atom stereocenters. The fourth-order valence-electron chi connectivity index (χ4n) is 3.93. The Labute approximate surface area is 175 Å². The highest BCUT2D eigenvalue weighted by atomic mass is 32.2. The van der Waals surface area contributed by atoms with Crippen molar-refractivity contribution in [1.82, 2.24) is 15.1 Å². The number of hydrogen-bond donors (Lipinski definition) is 1. The van der Waals surface area contributed by atoms with Crippen LogP contribution in [-0.2, 0) is 9.84 Å². The van der Waals surface area contributed by atoms with Crippen LogP contribution in [0.4, 0.5) is 5.69 Å². The molecule has 7 nitrogen and oxygen atoms in total. The fourth-order valence-corrected chi connectivity index (χ4v) is 5.21. The number of rotatable bonds is 5. The largest absolute Gasteiger partial charge is 0.368 e. The van der Waals surface area contributed by atoms with Crippen molar-refractivity contribution >= 4 is 21.5 Å². The minimum Gasteiger partial charge on any atom is -0.368 e. The summed E-state index contributed by atoms with van der Waals surface area (Å²) in [6.45, 7) is 13.9. The van der Waals surface area contributed by atoms with Crippen LogP contribution >= 0.6 is 0 Å². The van der Waals surface area contributed by atoms with Gasteiger partial charge in [0.25, 0.3) is 0 Å². The number of piperazine rings is 1. The van der Waals surface area contributed by atoms with Crippen molar-refractivity contribution in [3.8, 4) is 0 Å². The first-order valence-corrected chi connectivity index (χ1v) is 12.5. The summed E-state index contributed by atoms with van der Waals surface area (Å²) in [6.07, 6.45) is 0. The van der Waals surface area contributed by atoms with Crippen molar-refractivity contribution in [3.05, 3.63) is 29.3 Å². The van der Waals surface area contributed by atoms with Crippen molar-refractivity contribution < 1.29 is 8.42 Å². The zero-order valence-electron chi connectivity index (χ0n) is 18.0. The molecule has 162 valence electrons. The molecule has 1 aromatic carbocycles. The van der Waals surface area contributed by atoms with E-state index in [4.69, 9.17) is 4.99 Å². The van der Waals surface area contributed by atoms with Crippen LogP contribution in [0.5, 0.6) is 0 Å². The number of benzene rings is 1. The van der Waals surface area contributed by atoms with E-state index in [1.165, 1.54) is 16.8 Å². The molecule has 2 heterocycles. The number of nitrogens with one attached hydrogen (secondary N) is 1. The Bertz CT molecular complexity index is 802. The minimum absolute atomic E-state index is 0.275. The number of aryl methyl sites for hydroxylation is 1. The molecule has 0 amide bonds. The predicted molar refractivity (Wildman–Crippen MR) is 121 cm³/mol. The van der Waals surface area contributed by atoms with Gasteiger partial charge < -0.3 is 15.1 Å². The van der Waals surface area contributed by atoms with E-state index in [0.29, 0.717) is 19.6 Å². The van der Waals surface area contributed by atoms with Crippen LogP contribution in [0.1, 0.15) is 18.1 Å². The van der Waals surface area contributed by atoms with Crippen molar-refractivity contribution in [1.29, 1.82) is 0 Å². The lowest BCUT2D eigenvalue weighted by atomic mass is 10.1. The van der Waals surface area contributed by atoms with E-state index in [-0.39, 0.29) is 11.5 Å². The van der Waals surface area contributed by atoms with E-state index < -0.39 is 9.84 Å². The maximum Gasteiger partial charge on any atom is 0.194 e. The molecule has 0 bridgehead atoms. The molecule has 0 spiro atoms. The highest BCUT2D eigenvalue weighted by Crippen LogP contribution is 2.23. The quantitative estimate of drug-likeness (QED) is 0.568. The van der Waals surface area contributed by atoms with Gasteiger partial charge in [0.05, 0.1) is 18.1 Å². The summed E-state index contributed by atoms with van der Waals surface area (Å²) < 4.78 is 23.1. The second kappa shape index (κ2) is 9.80. The lowest BCUT2D eigenvalue weighted by Gasteiger charge is -2.38. The Morgan fingerprint density at radius 1 is 1.07 bits per heavy atom. The van der Waals surface area contributed by atoms with Gasteiger partial charge >= 0.3 is 0 Å². The Kier molecular flexibility index (Phi) is 7.40. The van der Waals surface area contributed by atoms with Crippen LogP contribution in [0, 0.1) is 13.8 Å². The molecule has 2 saturated heterocycles. The summed E-state index contributed by atoms with van der Waals surface area (Å²) in [5.41, 5.74) is 4.04. The first-order valence-electron chi connectivity index (χ1n) is 10.7. The minimum atomic E-state index is -2.82. The third-order valence-electron chi connectivity index (χ3n) is 5.95. The zero-order chi connectivity index (χ0) is 20.9. The summed E-state index contributed by atoms with van der Waals surface area (Å²) in [7, 11) is -2.82. The van der Waals surface area contributed by atoms with Crippen LogP contribution in [0.15, 0.2) is 23.2 Å². The Hall–Kier alpha value is -1.80. The van der Waals surface area contributed by atoms with Crippen molar-refractivity contribution in [2.45, 2.75) is 20.8 Å². The van der Waals surface area contributed by atoms with Crippen LogP contribution < -0.4 is 10.2 Å². The number of anilines is 1. The molecule has 2 aliphatic rings. The SMILES string of the molecule is CCNC(=NCCN1CCS(=O)(=O)CC1)N1CCN(c2cccc(C)c2C)CC1. The predicted octanol–water partition coefficient (Wildman–Crippen LogP) is 1.12. The standard InChI is InChI=1S/C21H35N5O2S/c1-4-22-21(23-8-9-24-14-16-29(27,28)17-15-24)26-12-10-25(11-13-26)20-7-5-6-18(2)19(20)3/h5-7H,4,8-17H2,1-3H3,(H,22,23). The molecule has 3 rings (SSSR count). The Morgan fingerprint density at radius 2 is 1.76 bits per heavy atom. The van der Waals surface area contributed by atoms with Crippen LogP contribution in [-0.4, -0.2) is 94.6 Å². The summed E-state index contributed by atoms with van der Waals surface area (Å²) in [5, 5.41) is 3.42. The normalized spacial score (nSPS) is 20.7. The number of guanidine groups is 1. The second-order valence-electron chi connectivity index (χ2n) is 7.92. The maximum atomic E-state index is 11.6. The average Bonchev–Trinajstić information content (AvgIpc) is 2.71. The smallest absolute Gasteiger partial charge is 0.194 e. The second-order valence-corrected chi connectivity index (χ2v) is 10.2. The van der Waals surface area contributed by atoms with Gasteiger partial charge in [-0.3, -0.25) is 9.89 Å². The number of nitrogens with zero attached hydrogens (tertiary/aromatic N) is 4. The summed E-state index contributed by atoms with van der Waals surface area (Å²) in [5.74, 6) is 1.52. The molecule has 8 heteroatoms. The van der Waals surface area contributed by atoms with Crippen LogP contribution in [0.2, 0.25) is 0 Å². The van der Waals surface area contributed by atoms with Crippen molar-refractivity contribution in [3.63, 3.8) is 0 Å².